The quantitative estimate of drug-likeness (QED) is 0.0907. The van der Waals surface area contributed by atoms with Crippen molar-refractivity contribution in [3.63, 3.8) is 0 Å². The first-order valence-electron chi connectivity index (χ1n) is 12.3. The third kappa shape index (κ3) is 16.4. The third-order valence-corrected chi connectivity index (χ3v) is 6.22. The fraction of sp³-hybridized carbons (Fsp3) is 0.167. The van der Waals surface area contributed by atoms with Crippen molar-refractivity contribution in [2.75, 3.05) is 0 Å². The summed E-state index contributed by atoms with van der Waals surface area (Å²) in [6.45, 7) is 11.7. The van der Waals surface area contributed by atoms with E-state index in [9.17, 15) is 19.5 Å². The molecule has 3 aromatic rings. The van der Waals surface area contributed by atoms with Crippen molar-refractivity contribution < 1.29 is 29.3 Å². The standard InChI is InChI=1S/2C10H9ClO2.C7H7ClO.C3H3ClO.Al.3ClH/c1-5-4-7(11)6-2-3-8(12)9(6)10(5)13;1-3-10(12)13-9-5-4-8(11)6-7(9)2;1-5-4-6(8)2-3-7(5)9;1-2-3(4)5;;;;/h4,13H,2-3H2,1H3;3-6H,1H2,2H3;2-4,9H,1H3;2H,1H2;;3*1H/q;;;;+3;;;/p-3. The Bertz CT molecular complexity index is 1480. The molecule has 0 saturated heterocycles. The summed E-state index contributed by atoms with van der Waals surface area (Å²) in [4.78, 5) is 31.7. The van der Waals surface area contributed by atoms with Crippen molar-refractivity contribution in [3.8, 4) is 17.2 Å². The summed E-state index contributed by atoms with van der Waals surface area (Å²) in [5.41, 5.74) is 3.53. The number of ether oxygens (including phenoxy) is 1. The van der Waals surface area contributed by atoms with Gasteiger partial charge in [-0.25, -0.2) is 34.9 Å². The van der Waals surface area contributed by atoms with Crippen LogP contribution in [-0.2, 0) is 16.0 Å². The van der Waals surface area contributed by atoms with Gasteiger partial charge in [-0.05, 0) is 110 Å². The number of hydrogen-bond donors (Lipinski definition) is 2. The minimum absolute atomic E-state index is 0.00176. The molecule has 1 aliphatic carbocycles. The monoisotopic (exact) mass is 756 g/mol. The van der Waals surface area contributed by atoms with Crippen LogP contribution in [0.25, 0.3) is 0 Å². The van der Waals surface area contributed by atoms with E-state index in [4.69, 9.17) is 86.4 Å². The number of hydrogen-bond acceptors (Lipinski definition) is 6. The van der Waals surface area contributed by atoms with Crippen molar-refractivity contribution >= 4 is 105 Å². The van der Waals surface area contributed by atoms with E-state index in [0.717, 1.165) is 28.8 Å². The Balaban J connectivity index is 0.000000561. The third-order valence-electron chi connectivity index (χ3n) is 5.26. The second-order valence-electron chi connectivity index (χ2n) is 8.52. The molecule has 0 unspecified atom stereocenters. The predicted octanol–water partition coefficient (Wildman–Crippen LogP) is 10.2. The van der Waals surface area contributed by atoms with Gasteiger partial charge in [0.2, 0.25) is 5.24 Å². The molecule has 4 rings (SSSR count). The molecule has 0 aromatic heterocycles. The van der Waals surface area contributed by atoms with E-state index < -0.39 is 22.6 Å². The number of Topliss-reactive ketones (excluding diaryl/α,β-unsaturated/α-hetero) is 1. The van der Waals surface area contributed by atoms with E-state index in [2.05, 4.69) is 13.2 Å². The van der Waals surface area contributed by atoms with E-state index in [1.807, 2.05) is 6.92 Å². The van der Waals surface area contributed by atoms with Crippen molar-refractivity contribution in [2.24, 2.45) is 0 Å². The number of aryl methyl sites for hydroxylation is 3. The lowest BCUT2D eigenvalue weighted by Crippen LogP contribution is -2.03. The molecule has 2 N–H and O–H groups in total. The Hall–Kier alpha value is -1.89. The average molecular weight is 760 g/mol. The van der Waals surface area contributed by atoms with E-state index in [1.165, 1.54) is 0 Å². The molecule has 236 valence electrons. The van der Waals surface area contributed by atoms with Gasteiger partial charge in [0.1, 0.15) is 17.2 Å². The number of phenols is 2. The maximum Gasteiger partial charge on any atom is 0.643 e. The molecular weight excluding hydrogens is 731 g/mol. The molecule has 0 heterocycles. The molecule has 0 spiro atoms. The Labute approximate surface area is 293 Å². The van der Waals surface area contributed by atoms with Gasteiger partial charge in [-0.15, -0.1) is 0 Å². The summed E-state index contributed by atoms with van der Waals surface area (Å²) >= 11 is 20.3. The first-order valence-corrected chi connectivity index (χ1v) is 19.0. The molecule has 0 atom stereocenters. The highest BCUT2D eigenvalue weighted by molar-refractivity contribution is 7.54. The van der Waals surface area contributed by atoms with Gasteiger partial charge >= 0.3 is 17.4 Å². The van der Waals surface area contributed by atoms with Gasteiger partial charge in [-0.3, -0.25) is 9.59 Å². The minimum Gasteiger partial charge on any atom is -0.508 e. The number of ketones is 1. The first kappa shape index (κ1) is 42.1. The number of fused-ring (bicyclic) bond motifs is 1. The molecule has 3 aromatic carbocycles. The highest BCUT2D eigenvalue weighted by atomic mass is 35.8. The van der Waals surface area contributed by atoms with Gasteiger partial charge in [0.05, 0.1) is 5.56 Å². The number of carbonyl (C=O) groups is 3. The molecular formula is C30H28AlCl7O6. The normalized spacial score (nSPS) is 10.5. The molecule has 0 fully saturated rings. The van der Waals surface area contributed by atoms with Crippen molar-refractivity contribution in [1.29, 1.82) is 0 Å². The Morgan fingerprint density at radius 2 is 1.34 bits per heavy atom. The lowest BCUT2D eigenvalue weighted by molar-refractivity contribution is -0.129. The van der Waals surface area contributed by atoms with E-state index >= 15 is 0 Å². The number of rotatable bonds is 3. The van der Waals surface area contributed by atoms with Gasteiger partial charge < -0.3 is 14.9 Å². The van der Waals surface area contributed by atoms with E-state index in [0.29, 0.717) is 50.5 Å². The fourth-order valence-corrected chi connectivity index (χ4v) is 4.02. The van der Waals surface area contributed by atoms with Crippen LogP contribution < -0.4 is 4.74 Å². The van der Waals surface area contributed by atoms with Crippen LogP contribution in [-0.4, -0.2) is 38.6 Å². The zero-order valence-corrected chi connectivity index (χ0v) is 30.2. The molecule has 44 heavy (non-hydrogen) atoms. The molecule has 0 aliphatic heterocycles. The first-order chi connectivity index (χ1) is 20.4. The zero-order chi connectivity index (χ0) is 34.1. The zero-order valence-electron chi connectivity index (χ0n) is 23.8. The average Bonchev–Trinajstić information content (AvgIpc) is 3.34. The summed E-state index contributed by atoms with van der Waals surface area (Å²) in [6.07, 6.45) is 3.28. The number of phenolic OH excluding ortho intramolecular Hbond substituents is 2. The van der Waals surface area contributed by atoms with Gasteiger partial charge in [0.15, 0.2) is 5.78 Å². The van der Waals surface area contributed by atoms with Gasteiger partial charge in [-0.1, -0.05) is 48.0 Å². The Morgan fingerprint density at radius 1 is 0.841 bits per heavy atom. The number of benzene rings is 3. The van der Waals surface area contributed by atoms with Gasteiger partial charge in [-0.2, -0.15) is 0 Å². The second kappa shape index (κ2) is 21.8. The van der Waals surface area contributed by atoms with E-state index in [1.54, 1.807) is 56.3 Å². The number of halogens is 7. The lowest BCUT2D eigenvalue weighted by atomic mass is 10.0. The summed E-state index contributed by atoms with van der Waals surface area (Å²) < 4.78 is 4.93. The summed E-state index contributed by atoms with van der Waals surface area (Å²) in [6, 6.07) is 11.7. The van der Waals surface area contributed by atoms with Crippen molar-refractivity contribution in [2.45, 2.75) is 33.6 Å². The molecule has 0 bridgehead atoms. The summed E-state index contributed by atoms with van der Waals surface area (Å²) in [7, 11) is 14.8. The van der Waals surface area contributed by atoms with Crippen LogP contribution in [0.15, 0.2) is 67.8 Å². The number of aromatic hydroxyl groups is 2. The molecule has 0 saturated carbocycles. The molecule has 0 amide bonds. The maximum absolute atomic E-state index is 11.4. The SMILES string of the molecule is C=CC(=O)Cl.C=CC(=O)Oc1ccc(Cl)cc1C.Cc1cc(Cl)c2c(c1O)C(=O)CC2.Cc1cc(Cl)ccc1O.[Cl][Al]([Cl])[Cl]. The van der Waals surface area contributed by atoms with Crippen LogP contribution >= 0.6 is 76.6 Å². The topological polar surface area (TPSA) is 101 Å². The highest BCUT2D eigenvalue weighted by Crippen LogP contribution is 2.37. The van der Waals surface area contributed by atoms with E-state index in [-0.39, 0.29) is 11.5 Å². The summed E-state index contributed by atoms with van der Waals surface area (Å²) in [5.74, 6) is 0.430. The predicted molar refractivity (Wildman–Crippen MR) is 185 cm³/mol. The number of carbonyl (C=O) groups excluding carboxylic acids is 3. The largest absolute Gasteiger partial charge is 0.643 e. The van der Waals surface area contributed by atoms with Crippen LogP contribution in [0.4, 0.5) is 0 Å². The van der Waals surface area contributed by atoms with Crippen LogP contribution in [0.3, 0.4) is 0 Å². The second-order valence-corrected chi connectivity index (χ2v) is 16.6. The van der Waals surface area contributed by atoms with Crippen molar-refractivity contribution in [1.82, 2.24) is 0 Å². The fourth-order valence-electron chi connectivity index (χ4n) is 3.21. The van der Waals surface area contributed by atoms with Gasteiger partial charge in [0.25, 0.3) is 0 Å². The molecule has 0 radical (unpaired) electrons. The number of allylic oxidation sites excluding steroid dienone is 1. The Kier molecular flexibility index (Phi) is 20.8. The minimum atomic E-state index is -1.72. The molecule has 1 aliphatic rings. The van der Waals surface area contributed by atoms with Crippen LogP contribution in [0.2, 0.25) is 15.1 Å². The number of esters is 1. The maximum atomic E-state index is 11.4. The van der Waals surface area contributed by atoms with Crippen molar-refractivity contribution in [3.05, 3.63) is 111 Å². The highest BCUT2D eigenvalue weighted by Gasteiger charge is 2.26. The van der Waals surface area contributed by atoms with Crippen LogP contribution in [0.1, 0.15) is 39.0 Å². The Morgan fingerprint density at radius 3 is 1.77 bits per heavy atom. The molecule has 6 nitrogen and oxygen atoms in total. The lowest BCUT2D eigenvalue weighted by Gasteiger charge is -2.06. The molecule has 14 heteroatoms. The summed E-state index contributed by atoms with van der Waals surface area (Å²) in [5, 5.41) is 20.0. The smallest absolute Gasteiger partial charge is 0.508 e. The van der Waals surface area contributed by atoms with Gasteiger partial charge in [0, 0.05) is 27.6 Å². The van der Waals surface area contributed by atoms with Crippen LogP contribution in [0.5, 0.6) is 17.2 Å². The van der Waals surface area contributed by atoms with Crippen LogP contribution in [0, 0.1) is 20.8 Å².